The SMILES string of the molecule is C[C@H](C(=O)NC[C@@H]1COc2ccccc2O1)N(c1cccc(Cl)c1)S(C)(=O)=O. The van der Waals surface area contributed by atoms with Crippen molar-refractivity contribution in [1.82, 2.24) is 5.32 Å². The maximum atomic E-state index is 12.6. The molecule has 0 unspecified atom stereocenters. The van der Waals surface area contributed by atoms with E-state index in [2.05, 4.69) is 5.32 Å². The summed E-state index contributed by atoms with van der Waals surface area (Å²) in [5.74, 6) is 0.813. The molecule has 0 fully saturated rings. The standard InChI is InChI=1S/C19H21ClN2O5S/c1-13(22(28(2,24)25)15-7-5-6-14(20)10-15)19(23)21-11-16-12-26-17-8-3-4-9-18(17)27-16/h3-10,13,16H,11-12H2,1-2H3,(H,21,23)/t13-,16-/m1/s1. The first-order chi connectivity index (χ1) is 13.3. The van der Waals surface area contributed by atoms with Gasteiger partial charge in [0.2, 0.25) is 15.9 Å². The van der Waals surface area contributed by atoms with Crippen LogP contribution < -0.4 is 19.1 Å². The predicted octanol–water partition coefficient (Wildman–Crippen LogP) is 2.45. The van der Waals surface area contributed by atoms with Crippen molar-refractivity contribution in [2.45, 2.75) is 19.1 Å². The van der Waals surface area contributed by atoms with Crippen LogP contribution in [-0.4, -0.2) is 45.9 Å². The smallest absolute Gasteiger partial charge is 0.243 e. The Balaban J connectivity index is 1.67. The number of ether oxygens (including phenoxy) is 2. The molecule has 2 aromatic carbocycles. The molecule has 7 nitrogen and oxygen atoms in total. The lowest BCUT2D eigenvalue weighted by atomic mass is 10.2. The van der Waals surface area contributed by atoms with Gasteiger partial charge in [-0.2, -0.15) is 0 Å². The van der Waals surface area contributed by atoms with E-state index in [1.807, 2.05) is 12.1 Å². The van der Waals surface area contributed by atoms with Crippen molar-refractivity contribution in [3.63, 3.8) is 0 Å². The summed E-state index contributed by atoms with van der Waals surface area (Å²) in [5, 5.41) is 3.12. The number of sulfonamides is 1. The number of amides is 1. The Bertz CT molecular complexity index is 966. The molecule has 1 aliphatic heterocycles. The van der Waals surface area contributed by atoms with Crippen LogP contribution in [0, 0.1) is 0 Å². The van der Waals surface area contributed by atoms with E-state index >= 15 is 0 Å². The first-order valence-corrected chi connectivity index (χ1v) is 10.9. The zero-order chi connectivity index (χ0) is 20.3. The lowest BCUT2D eigenvalue weighted by molar-refractivity contribution is -0.122. The Kier molecular flexibility index (Phi) is 6.00. The third-order valence-electron chi connectivity index (χ3n) is 4.22. The van der Waals surface area contributed by atoms with Gasteiger partial charge < -0.3 is 14.8 Å². The zero-order valence-electron chi connectivity index (χ0n) is 15.5. The van der Waals surface area contributed by atoms with Crippen molar-refractivity contribution in [1.29, 1.82) is 0 Å². The molecule has 2 atom stereocenters. The van der Waals surface area contributed by atoms with Crippen LogP contribution in [0.15, 0.2) is 48.5 Å². The number of benzene rings is 2. The van der Waals surface area contributed by atoms with E-state index in [1.165, 1.54) is 13.0 Å². The molecule has 1 amide bonds. The Morgan fingerprint density at radius 2 is 1.96 bits per heavy atom. The maximum absolute atomic E-state index is 12.6. The molecule has 9 heteroatoms. The first-order valence-electron chi connectivity index (χ1n) is 8.67. The molecule has 0 saturated heterocycles. The van der Waals surface area contributed by atoms with Gasteiger partial charge in [0.1, 0.15) is 18.8 Å². The molecule has 1 aliphatic rings. The minimum Gasteiger partial charge on any atom is -0.486 e. The van der Waals surface area contributed by atoms with Gasteiger partial charge in [-0.1, -0.05) is 29.8 Å². The van der Waals surface area contributed by atoms with E-state index in [0.717, 1.165) is 10.6 Å². The van der Waals surface area contributed by atoms with Gasteiger partial charge in [-0.25, -0.2) is 8.42 Å². The summed E-state index contributed by atoms with van der Waals surface area (Å²) in [6, 6.07) is 12.7. The van der Waals surface area contributed by atoms with Crippen LogP contribution in [0.3, 0.4) is 0 Å². The van der Waals surface area contributed by atoms with Crippen LogP contribution in [0.5, 0.6) is 11.5 Å². The molecular weight excluding hydrogens is 404 g/mol. The third-order valence-corrected chi connectivity index (χ3v) is 5.70. The Labute approximate surface area is 169 Å². The Hall–Kier alpha value is -2.45. The van der Waals surface area contributed by atoms with Gasteiger partial charge >= 0.3 is 0 Å². The second-order valence-corrected chi connectivity index (χ2v) is 8.75. The fourth-order valence-corrected chi connectivity index (χ4v) is 4.30. The van der Waals surface area contributed by atoms with Gasteiger partial charge in [0.05, 0.1) is 18.5 Å². The highest BCUT2D eigenvalue weighted by Crippen LogP contribution is 2.30. The van der Waals surface area contributed by atoms with Gasteiger partial charge in [0.15, 0.2) is 11.5 Å². The van der Waals surface area contributed by atoms with E-state index in [1.54, 1.807) is 30.3 Å². The van der Waals surface area contributed by atoms with Crippen LogP contribution in [0.1, 0.15) is 6.92 Å². The number of rotatable bonds is 6. The molecule has 1 N–H and O–H groups in total. The van der Waals surface area contributed by atoms with E-state index in [0.29, 0.717) is 22.2 Å². The summed E-state index contributed by atoms with van der Waals surface area (Å²) >= 11 is 5.97. The lowest BCUT2D eigenvalue weighted by Crippen LogP contribution is -2.50. The molecule has 0 saturated carbocycles. The lowest BCUT2D eigenvalue weighted by Gasteiger charge is -2.30. The van der Waals surface area contributed by atoms with Crippen molar-refractivity contribution in [2.75, 3.05) is 23.7 Å². The number of hydrogen-bond acceptors (Lipinski definition) is 5. The zero-order valence-corrected chi connectivity index (χ0v) is 17.0. The number of nitrogens with zero attached hydrogens (tertiary/aromatic N) is 1. The molecule has 150 valence electrons. The first kappa shape index (κ1) is 20.3. The quantitative estimate of drug-likeness (QED) is 0.769. The van der Waals surface area contributed by atoms with Gasteiger partial charge in [0.25, 0.3) is 0 Å². The summed E-state index contributed by atoms with van der Waals surface area (Å²) in [5.41, 5.74) is 0.323. The van der Waals surface area contributed by atoms with Crippen molar-refractivity contribution < 1.29 is 22.7 Å². The summed E-state index contributed by atoms with van der Waals surface area (Å²) in [4.78, 5) is 12.6. The van der Waals surface area contributed by atoms with Crippen LogP contribution in [0.4, 0.5) is 5.69 Å². The molecule has 3 rings (SSSR count). The number of anilines is 1. The fraction of sp³-hybridized carbons (Fsp3) is 0.316. The highest BCUT2D eigenvalue weighted by atomic mass is 35.5. The van der Waals surface area contributed by atoms with Crippen LogP contribution in [0.25, 0.3) is 0 Å². The molecule has 0 bridgehead atoms. The fourth-order valence-electron chi connectivity index (χ4n) is 2.95. The summed E-state index contributed by atoms with van der Waals surface area (Å²) in [7, 11) is -3.70. The minimum absolute atomic E-state index is 0.185. The molecule has 0 aliphatic carbocycles. The summed E-state index contributed by atoms with van der Waals surface area (Å²) in [6.45, 7) is 1.99. The van der Waals surface area contributed by atoms with E-state index < -0.39 is 22.0 Å². The predicted molar refractivity (Wildman–Crippen MR) is 108 cm³/mol. The average molecular weight is 425 g/mol. The van der Waals surface area contributed by atoms with Gasteiger partial charge in [-0.15, -0.1) is 0 Å². The molecule has 28 heavy (non-hydrogen) atoms. The van der Waals surface area contributed by atoms with Crippen LogP contribution >= 0.6 is 11.6 Å². The second-order valence-electron chi connectivity index (χ2n) is 6.46. The number of hydrogen-bond donors (Lipinski definition) is 1. The highest BCUT2D eigenvalue weighted by molar-refractivity contribution is 7.92. The van der Waals surface area contributed by atoms with Gasteiger partial charge in [0, 0.05) is 5.02 Å². The highest BCUT2D eigenvalue weighted by Gasteiger charge is 2.30. The molecule has 2 aromatic rings. The van der Waals surface area contributed by atoms with Gasteiger partial charge in [-0.3, -0.25) is 9.10 Å². The molecule has 0 radical (unpaired) electrons. The van der Waals surface area contributed by atoms with E-state index in [9.17, 15) is 13.2 Å². The number of halogens is 1. The minimum atomic E-state index is -3.70. The Morgan fingerprint density at radius 3 is 2.64 bits per heavy atom. The maximum Gasteiger partial charge on any atom is 0.243 e. The monoisotopic (exact) mass is 424 g/mol. The average Bonchev–Trinajstić information content (AvgIpc) is 2.65. The number of para-hydroxylation sites is 2. The van der Waals surface area contributed by atoms with Gasteiger partial charge in [-0.05, 0) is 37.3 Å². The number of carbonyl (C=O) groups is 1. The molecule has 1 heterocycles. The number of nitrogens with one attached hydrogen (secondary N) is 1. The molecular formula is C19H21ClN2O5S. The third kappa shape index (κ3) is 4.69. The second kappa shape index (κ2) is 8.28. The van der Waals surface area contributed by atoms with Crippen molar-refractivity contribution >= 4 is 33.2 Å². The summed E-state index contributed by atoms with van der Waals surface area (Å²) in [6.07, 6.45) is 0.677. The molecule has 0 aromatic heterocycles. The van der Waals surface area contributed by atoms with E-state index in [4.69, 9.17) is 21.1 Å². The molecule has 0 spiro atoms. The van der Waals surface area contributed by atoms with Crippen molar-refractivity contribution in [2.24, 2.45) is 0 Å². The topological polar surface area (TPSA) is 84.9 Å². The van der Waals surface area contributed by atoms with Crippen molar-refractivity contribution in [3.8, 4) is 11.5 Å². The number of carbonyl (C=O) groups excluding carboxylic acids is 1. The van der Waals surface area contributed by atoms with Crippen LogP contribution in [-0.2, 0) is 14.8 Å². The van der Waals surface area contributed by atoms with Crippen LogP contribution in [0.2, 0.25) is 5.02 Å². The Morgan fingerprint density at radius 1 is 1.25 bits per heavy atom. The summed E-state index contributed by atoms with van der Waals surface area (Å²) < 4.78 is 37.0. The van der Waals surface area contributed by atoms with E-state index in [-0.39, 0.29) is 19.3 Å². The number of fused-ring (bicyclic) bond motifs is 1. The van der Waals surface area contributed by atoms with Crippen molar-refractivity contribution in [3.05, 3.63) is 53.6 Å². The largest absolute Gasteiger partial charge is 0.486 e. The normalized spacial score (nSPS) is 16.9.